The molecule has 104 valence electrons. The quantitative estimate of drug-likeness (QED) is 0.599. The van der Waals surface area contributed by atoms with E-state index in [9.17, 15) is 15.0 Å². The number of phenols is 2. The predicted molar refractivity (Wildman–Crippen MR) is 72.1 cm³/mol. The van der Waals surface area contributed by atoms with E-state index in [1.807, 2.05) is 0 Å². The number of aromatic hydroxyl groups is 2. The van der Waals surface area contributed by atoms with Crippen molar-refractivity contribution < 1.29 is 15.0 Å². The molecule has 0 fully saturated rings. The van der Waals surface area contributed by atoms with Crippen LogP contribution in [0.15, 0.2) is 36.7 Å². The van der Waals surface area contributed by atoms with E-state index in [-0.39, 0.29) is 23.9 Å². The molecule has 0 bridgehead atoms. The number of carbonyl (C=O) groups is 1. The number of carbonyl (C=O) groups excluding carboxylic acids is 1. The second-order valence-electron chi connectivity index (χ2n) is 4.20. The fourth-order valence-corrected chi connectivity index (χ4v) is 1.61. The highest BCUT2D eigenvalue weighted by Crippen LogP contribution is 2.25. The van der Waals surface area contributed by atoms with Crippen LogP contribution in [-0.2, 0) is 11.2 Å². The Balaban J connectivity index is 1.98. The lowest BCUT2D eigenvalue weighted by Crippen LogP contribution is -2.37. The van der Waals surface area contributed by atoms with Crippen molar-refractivity contribution in [2.24, 2.45) is 5.73 Å². The van der Waals surface area contributed by atoms with E-state index in [1.54, 1.807) is 12.1 Å². The number of nitrogens with two attached hydrogens (primary N) is 1. The monoisotopic (exact) mass is 274 g/mol. The van der Waals surface area contributed by atoms with Crippen molar-refractivity contribution in [3.8, 4) is 11.5 Å². The molecule has 7 heteroatoms. The van der Waals surface area contributed by atoms with Gasteiger partial charge in [-0.1, -0.05) is 6.07 Å². The van der Waals surface area contributed by atoms with Gasteiger partial charge in [-0.3, -0.25) is 10.1 Å². The molecule has 0 aliphatic rings. The maximum absolute atomic E-state index is 11.8. The lowest BCUT2D eigenvalue weighted by Gasteiger charge is -2.11. The molecule has 1 atom stereocenters. The molecule has 5 N–H and O–H groups in total. The third kappa shape index (κ3) is 3.42. The van der Waals surface area contributed by atoms with E-state index >= 15 is 0 Å². The molecule has 0 radical (unpaired) electrons. The van der Waals surface area contributed by atoms with Gasteiger partial charge in [0.25, 0.3) is 0 Å². The van der Waals surface area contributed by atoms with E-state index in [0.717, 1.165) is 0 Å². The Kier molecular flexibility index (Phi) is 4.11. The topological polar surface area (TPSA) is 121 Å². The number of anilines is 1. The molecule has 0 unspecified atom stereocenters. The first-order chi connectivity index (χ1) is 9.56. The van der Waals surface area contributed by atoms with E-state index in [4.69, 9.17) is 5.73 Å². The third-order valence-corrected chi connectivity index (χ3v) is 2.63. The smallest absolute Gasteiger partial charge is 0.243 e. The molecule has 1 aromatic heterocycles. The summed E-state index contributed by atoms with van der Waals surface area (Å²) in [5, 5.41) is 21.1. The third-order valence-electron chi connectivity index (χ3n) is 2.63. The predicted octanol–water partition coefficient (Wildman–Crippen LogP) is 0.396. The summed E-state index contributed by atoms with van der Waals surface area (Å²) in [4.78, 5) is 19.6. The summed E-state index contributed by atoms with van der Waals surface area (Å²) >= 11 is 0. The van der Waals surface area contributed by atoms with Crippen molar-refractivity contribution in [1.82, 2.24) is 9.97 Å². The highest BCUT2D eigenvalue weighted by atomic mass is 16.3. The van der Waals surface area contributed by atoms with Gasteiger partial charge in [0, 0.05) is 12.4 Å². The lowest BCUT2D eigenvalue weighted by atomic mass is 10.1. The highest BCUT2D eigenvalue weighted by molar-refractivity contribution is 5.93. The van der Waals surface area contributed by atoms with Crippen molar-refractivity contribution in [2.45, 2.75) is 12.5 Å². The van der Waals surface area contributed by atoms with Crippen LogP contribution in [0.3, 0.4) is 0 Å². The van der Waals surface area contributed by atoms with Crippen LogP contribution in [0.2, 0.25) is 0 Å². The number of aromatic nitrogens is 2. The standard InChI is InChI=1S/C13H14N4O3/c14-9(6-8-2-3-10(18)11(19)7-8)12(20)17-13-15-4-1-5-16-13/h1-5,7,9,18-19H,6,14H2,(H,15,16,17,20)/t9-/m0/s1. The molecule has 0 saturated heterocycles. The lowest BCUT2D eigenvalue weighted by molar-refractivity contribution is -0.117. The summed E-state index contributed by atoms with van der Waals surface area (Å²) in [5.74, 6) is -0.712. The minimum absolute atomic E-state index is 0.182. The molecule has 2 aromatic rings. The van der Waals surface area contributed by atoms with Gasteiger partial charge < -0.3 is 15.9 Å². The summed E-state index contributed by atoms with van der Waals surface area (Å²) < 4.78 is 0. The van der Waals surface area contributed by atoms with Gasteiger partial charge in [-0.05, 0) is 30.2 Å². The number of amides is 1. The number of hydrogen-bond donors (Lipinski definition) is 4. The fraction of sp³-hybridized carbons (Fsp3) is 0.154. The second-order valence-corrected chi connectivity index (χ2v) is 4.20. The zero-order chi connectivity index (χ0) is 14.5. The van der Waals surface area contributed by atoms with E-state index in [1.165, 1.54) is 24.5 Å². The van der Waals surface area contributed by atoms with Crippen LogP contribution < -0.4 is 11.1 Å². The van der Waals surface area contributed by atoms with E-state index in [0.29, 0.717) is 5.56 Å². The zero-order valence-corrected chi connectivity index (χ0v) is 10.5. The number of nitrogens with zero attached hydrogens (tertiary/aromatic N) is 2. The van der Waals surface area contributed by atoms with Gasteiger partial charge in [0.05, 0.1) is 6.04 Å². The first-order valence-electron chi connectivity index (χ1n) is 5.90. The zero-order valence-electron chi connectivity index (χ0n) is 10.5. The number of phenolic OH excluding ortho intramolecular Hbond substituents is 2. The highest BCUT2D eigenvalue weighted by Gasteiger charge is 2.15. The van der Waals surface area contributed by atoms with Crippen LogP contribution in [0.5, 0.6) is 11.5 Å². The molecule has 1 amide bonds. The Morgan fingerprint density at radius 1 is 1.25 bits per heavy atom. The summed E-state index contributed by atoms with van der Waals surface area (Å²) in [6.45, 7) is 0. The van der Waals surface area contributed by atoms with Gasteiger partial charge in [0.15, 0.2) is 11.5 Å². The van der Waals surface area contributed by atoms with Crippen LogP contribution in [0.25, 0.3) is 0 Å². The van der Waals surface area contributed by atoms with Gasteiger partial charge in [-0.15, -0.1) is 0 Å². The van der Waals surface area contributed by atoms with Crippen LogP contribution in [0.1, 0.15) is 5.56 Å². The molecular weight excluding hydrogens is 260 g/mol. The Bertz CT molecular complexity index is 604. The molecule has 0 spiro atoms. The number of hydrogen-bond acceptors (Lipinski definition) is 6. The van der Waals surface area contributed by atoms with Gasteiger partial charge in [-0.2, -0.15) is 0 Å². The summed E-state index contributed by atoms with van der Waals surface area (Å²) in [5.41, 5.74) is 6.41. The van der Waals surface area contributed by atoms with Crippen LogP contribution in [0.4, 0.5) is 5.95 Å². The van der Waals surface area contributed by atoms with Crippen molar-refractivity contribution in [3.05, 3.63) is 42.2 Å². The average molecular weight is 274 g/mol. The van der Waals surface area contributed by atoms with E-state index < -0.39 is 11.9 Å². The molecule has 20 heavy (non-hydrogen) atoms. The Morgan fingerprint density at radius 3 is 2.60 bits per heavy atom. The average Bonchev–Trinajstić information content (AvgIpc) is 2.44. The maximum Gasteiger partial charge on any atom is 0.243 e. The molecule has 7 nitrogen and oxygen atoms in total. The van der Waals surface area contributed by atoms with Crippen LogP contribution in [-0.4, -0.2) is 32.1 Å². The second kappa shape index (κ2) is 5.98. The largest absolute Gasteiger partial charge is 0.504 e. The van der Waals surface area contributed by atoms with Crippen molar-refractivity contribution >= 4 is 11.9 Å². The van der Waals surface area contributed by atoms with Gasteiger partial charge in [0.1, 0.15) is 0 Å². The molecule has 0 aliphatic carbocycles. The first kappa shape index (κ1) is 13.8. The van der Waals surface area contributed by atoms with Crippen LogP contribution in [0, 0.1) is 0 Å². The number of nitrogens with one attached hydrogen (secondary N) is 1. The summed E-state index contributed by atoms with van der Waals surface area (Å²) in [6.07, 6.45) is 3.23. The minimum Gasteiger partial charge on any atom is -0.504 e. The van der Waals surface area contributed by atoms with E-state index in [2.05, 4.69) is 15.3 Å². The summed E-state index contributed by atoms with van der Waals surface area (Å²) in [6, 6.07) is 5.11. The van der Waals surface area contributed by atoms with Gasteiger partial charge in [0.2, 0.25) is 11.9 Å². The fourth-order valence-electron chi connectivity index (χ4n) is 1.61. The molecule has 0 aliphatic heterocycles. The Labute approximate surface area is 115 Å². The molecule has 2 rings (SSSR count). The Hall–Kier alpha value is -2.67. The number of benzene rings is 1. The molecule has 0 saturated carbocycles. The van der Waals surface area contributed by atoms with Crippen molar-refractivity contribution in [2.75, 3.05) is 5.32 Å². The van der Waals surface area contributed by atoms with Gasteiger partial charge >= 0.3 is 0 Å². The maximum atomic E-state index is 11.8. The van der Waals surface area contributed by atoms with Gasteiger partial charge in [-0.25, -0.2) is 9.97 Å². The van der Waals surface area contributed by atoms with Crippen molar-refractivity contribution in [1.29, 1.82) is 0 Å². The normalized spacial score (nSPS) is 11.8. The SMILES string of the molecule is N[C@@H](Cc1ccc(O)c(O)c1)C(=O)Nc1ncccn1. The molecule has 1 heterocycles. The Morgan fingerprint density at radius 2 is 1.95 bits per heavy atom. The molecule has 1 aromatic carbocycles. The summed E-state index contributed by atoms with van der Waals surface area (Å²) in [7, 11) is 0. The van der Waals surface area contributed by atoms with Crippen LogP contribution >= 0.6 is 0 Å². The minimum atomic E-state index is -0.817. The van der Waals surface area contributed by atoms with Crippen molar-refractivity contribution in [3.63, 3.8) is 0 Å². The molecular formula is C13H14N4O3. The first-order valence-corrected chi connectivity index (χ1v) is 5.90. The number of rotatable bonds is 4.